The summed E-state index contributed by atoms with van der Waals surface area (Å²) in [5.74, 6) is -0.302. The molecule has 110 valence electrons. The quantitative estimate of drug-likeness (QED) is 0.662. The van der Waals surface area contributed by atoms with E-state index < -0.39 is 0 Å². The molecule has 0 bridgehead atoms. The molecule has 0 aliphatic heterocycles. The second-order valence-corrected chi connectivity index (χ2v) is 7.28. The molecule has 0 aromatic carbocycles. The largest absolute Gasteiger partial charge is 0.465 e. The van der Waals surface area contributed by atoms with Crippen LogP contribution in [0.3, 0.4) is 0 Å². The average molecular weight is 360 g/mol. The molecule has 0 fully saturated rings. The van der Waals surface area contributed by atoms with Crippen molar-refractivity contribution in [1.29, 1.82) is 0 Å². The molecule has 6 heteroatoms. The number of alkyl halides is 1. The Morgan fingerprint density at radius 1 is 1.35 bits per heavy atom. The van der Waals surface area contributed by atoms with Gasteiger partial charge in [0.05, 0.1) is 17.5 Å². The molecule has 1 heterocycles. The normalized spacial score (nSPS) is 15.1. The van der Waals surface area contributed by atoms with E-state index >= 15 is 0 Å². The van der Waals surface area contributed by atoms with Crippen molar-refractivity contribution in [3.05, 3.63) is 16.0 Å². The molecule has 1 atom stereocenters. The van der Waals surface area contributed by atoms with Gasteiger partial charge in [-0.25, -0.2) is 4.79 Å². The van der Waals surface area contributed by atoms with Crippen LogP contribution in [-0.4, -0.2) is 23.8 Å². The number of anilines is 1. The summed E-state index contributed by atoms with van der Waals surface area (Å²) in [6, 6.07) is 0. The highest BCUT2D eigenvalue weighted by Gasteiger charge is 2.29. The molecule has 1 amide bonds. The summed E-state index contributed by atoms with van der Waals surface area (Å²) in [5, 5.41) is 3.49. The van der Waals surface area contributed by atoms with Gasteiger partial charge in [0.15, 0.2) is 0 Å². The SMILES string of the molecule is COC(=O)c1c(NC(=O)C(Br)C(C)C)sc2c1CCC2. The van der Waals surface area contributed by atoms with Crippen molar-refractivity contribution in [2.75, 3.05) is 12.4 Å². The molecule has 20 heavy (non-hydrogen) atoms. The van der Waals surface area contributed by atoms with Gasteiger partial charge in [0.2, 0.25) is 5.91 Å². The zero-order chi connectivity index (χ0) is 14.9. The van der Waals surface area contributed by atoms with E-state index in [1.54, 1.807) is 0 Å². The Morgan fingerprint density at radius 2 is 2.05 bits per heavy atom. The number of hydrogen-bond acceptors (Lipinski definition) is 4. The molecule has 1 unspecified atom stereocenters. The van der Waals surface area contributed by atoms with Crippen molar-refractivity contribution in [2.45, 2.75) is 37.9 Å². The number of methoxy groups -OCH3 is 1. The molecular weight excluding hydrogens is 342 g/mol. The lowest BCUT2D eigenvalue weighted by molar-refractivity contribution is -0.116. The fourth-order valence-electron chi connectivity index (χ4n) is 2.29. The van der Waals surface area contributed by atoms with E-state index in [0.717, 1.165) is 24.8 Å². The number of amides is 1. The lowest BCUT2D eigenvalue weighted by atomic mass is 10.1. The zero-order valence-electron chi connectivity index (χ0n) is 11.8. The summed E-state index contributed by atoms with van der Waals surface area (Å²) in [4.78, 5) is 25.0. The second kappa shape index (κ2) is 6.26. The molecule has 0 saturated carbocycles. The van der Waals surface area contributed by atoms with E-state index in [-0.39, 0.29) is 22.6 Å². The van der Waals surface area contributed by atoms with Crippen LogP contribution >= 0.6 is 27.3 Å². The van der Waals surface area contributed by atoms with Crippen LogP contribution in [0, 0.1) is 5.92 Å². The Kier molecular flexibility index (Phi) is 4.86. The maximum absolute atomic E-state index is 12.1. The minimum Gasteiger partial charge on any atom is -0.465 e. The van der Waals surface area contributed by atoms with Gasteiger partial charge in [-0.1, -0.05) is 29.8 Å². The molecule has 0 radical (unpaired) electrons. The van der Waals surface area contributed by atoms with Crippen LogP contribution in [-0.2, 0) is 22.4 Å². The van der Waals surface area contributed by atoms with Crippen molar-refractivity contribution in [3.8, 4) is 0 Å². The summed E-state index contributed by atoms with van der Waals surface area (Å²) in [7, 11) is 1.37. The van der Waals surface area contributed by atoms with Crippen LogP contribution in [0.1, 0.15) is 41.1 Å². The summed E-state index contributed by atoms with van der Waals surface area (Å²) >= 11 is 4.87. The number of thiophene rings is 1. The van der Waals surface area contributed by atoms with Gasteiger partial charge in [-0.15, -0.1) is 11.3 Å². The number of fused-ring (bicyclic) bond motifs is 1. The molecule has 2 rings (SSSR count). The van der Waals surface area contributed by atoms with Gasteiger partial charge >= 0.3 is 5.97 Å². The minimum absolute atomic E-state index is 0.120. The van der Waals surface area contributed by atoms with Crippen molar-refractivity contribution in [1.82, 2.24) is 0 Å². The third-order valence-corrected chi connectivity index (χ3v) is 6.06. The summed E-state index contributed by atoms with van der Waals surface area (Å²) in [5.41, 5.74) is 1.59. The fourth-order valence-corrected chi connectivity index (χ4v) is 3.69. The van der Waals surface area contributed by atoms with E-state index in [4.69, 9.17) is 4.74 Å². The Hall–Kier alpha value is -0.880. The lowest BCUT2D eigenvalue weighted by Crippen LogP contribution is -2.27. The van der Waals surface area contributed by atoms with E-state index in [2.05, 4.69) is 21.2 Å². The number of hydrogen-bond donors (Lipinski definition) is 1. The fraction of sp³-hybridized carbons (Fsp3) is 0.571. The topological polar surface area (TPSA) is 55.4 Å². The number of carbonyl (C=O) groups is 2. The van der Waals surface area contributed by atoms with Crippen LogP contribution in [0.4, 0.5) is 5.00 Å². The second-order valence-electron chi connectivity index (χ2n) is 5.19. The molecule has 1 N–H and O–H groups in total. The predicted octanol–water partition coefficient (Wildman–Crippen LogP) is 3.38. The number of carbonyl (C=O) groups excluding carboxylic acids is 2. The average Bonchev–Trinajstić information content (AvgIpc) is 2.96. The van der Waals surface area contributed by atoms with Crippen molar-refractivity contribution < 1.29 is 14.3 Å². The Morgan fingerprint density at radius 3 is 2.65 bits per heavy atom. The third-order valence-electron chi connectivity index (χ3n) is 3.38. The van der Waals surface area contributed by atoms with Crippen LogP contribution in [0.2, 0.25) is 0 Å². The lowest BCUT2D eigenvalue weighted by Gasteiger charge is -2.13. The number of esters is 1. The number of halogens is 1. The van der Waals surface area contributed by atoms with E-state index in [0.29, 0.717) is 10.6 Å². The Bertz CT molecular complexity index is 539. The van der Waals surface area contributed by atoms with Crippen molar-refractivity contribution in [3.63, 3.8) is 0 Å². The molecular formula is C14H18BrNO3S. The van der Waals surface area contributed by atoms with Crippen LogP contribution in [0.5, 0.6) is 0 Å². The first-order chi connectivity index (χ1) is 9.45. The summed E-state index contributed by atoms with van der Waals surface area (Å²) in [6.45, 7) is 3.93. The maximum atomic E-state index is 12.1. The van der Waals surface area contributed by atoms with Crippen LogP contribution < -0.4 is 5.32 Å². The number of nitrogens with one attached hydrogen (secondary N) is 1. The van der Waals surface area contributed by atoms with Gasteiger partial charge in [0, 0.05) is 4.88 Å². The van der Waals surface area contributed by atoms with Gasteiger partial charge in [-0.2, -0.15) is 0 Å². The van der Waals surface area contributed by atoms with E-state index in [1.165, 1.54) is 23.3 Å². The molecule has 1 aromatic heterocycles. The van der Waals surface area contributed by atoms with Crippen LogP contribution in [0.25, 0.3) is 0 Å². The van der Waals surface area contributed by atoms with Crippen molar-refractivity contribution >= 4 is 44.1 Å². The van der Waals surface area contributed by atoms with Gasteiger partial charge in [0.1, 0.15) is 5.00 Å². The molecule has 1 aromatic rings. The molecule has 0 saturated heterocycles. The monoisotopic (exact) mass is 359 g/mol. The van der Waals surface area contributed by atoms with E-state index in [1.807, 2.05) is 13.8 Å². The van der Waals surface area contributed by atoms with Crippen LogP contribution in [0.15, 0.2) is 0 Å². The molecule has 1 aliphatic rings. The number of ether oxygens (including phenoxy) is 1. The van der Waals surface area contributed by atoms with E-state index in [9.17, 15) is 9.59 Å². The zero-order valence-corrected chi connectivity index (χ0v) is 14.2. The van der Waals surface area contributed by atoms with Gasteiger partial charge in [-0.05, 0) is 30.7 Å². The molecule has 1 aliphatic carbocycles. The van der Waals surface area contributed by atoms with Crippen molar-refractivity contribution in [2.24, 2.45) is 5.92 Å². The van der Waals surface area contributed by atoms with Gasteiger partial charge in [-0.3, -0.25) is 4.79 Å². The maximum Gasteiger partial charge on any atom is 0.341 e. The Balaban J connectivity index is 2.28. The molecule has 0 spiro atoms. The highest BCUT2D eigenvalue weighted by molar-refractivity contribution is 9.10. The summed E-state index contributed by atoms with van der Waals surface area (Å²) in [6.07, 6.45) is 2.92. The first kappa shape index (κ1) is 15.5. The summed E-state index contributed by atoms with van der Waals surface area (Å²) < 4.78 is 4.85. The molecule has 4 nitrogen and oxygen atoms in total. The highest BCUT2D eigenvalue weighted by Crippen LogP contribution is 2.39. The Labute approximate surface area is 131 Å². The third kappa shape index (κ3) is 2.91. The standard InChI is InChI=1S/C14H18BrNO3S/c1-7(2)11(15)12(17)16-13-10(14(18)19-3)8-5-4-6-9(8)20-13/h7,11H,4-6H2,1-3H3,(H,16,17). The highest BCUT2D eigenvalue weighted by atomic mass is 79.9. The first-order valence-electron chi connectivity index (χ1n) is 6.63. The predicted molar refractivity (Wildman–Crippen MR) is 83.9 cm³/mol. The van der Waals surface area contributed by atoms with Gasteiger partial charge in [0.25, 0.3) is 0 Å². The number of aryl methyl sites for hydroxylation is 1. The minimum atomic E-state index is -0.365. The number of rotatable bonds is 4. The van der Waals surface area contributed by atoms with Gasteiger partial charge < -0.3 is 10.1 Å². The first-order valence-corrected chi connectivity index (χ1v) is 8.36. The smallest absolute Gasteiger partial charge is 0.341 e.